The minimum absolute atomic E-state index is 0.0115. The van der Waals surface area contributed by atoms with E-state index in [9.17, 15) is 9.90 Å². The lowest BCUT2D eigenvalue weighted by Crippen LogP contribution is -2.54. The summed E-state index contributed by atoms with van der Waals surface area (Å²) in [6.07, 6.45) is -0.309. The molecular formula is C18H24ClN3O4. The van der Waals surface area contributed by atoms with Gasteiger partial charge < -0.3 is 24.1 Å². The van der Waals surface area contributed by atoms with Crippen LogP contribution in [-0.4, -0.2) is 52.4 Å². The van der Waals surface area contributed by atoms with Crippen LogP contribution in [0.25, 0.3) is 11.1 Å². The number of halogens is 1. The molecule has 1 atom stereocenters. The number of aromatic nitrogens is 1. The molecule has 2 heterocycles. The van der Waals surface area contributed by atoms with E-state index in [1.54, 1.807) is 17.0 Å². The van der Waals surface area contributed by atoms with Gasteiger partial charge >= 0.3 is 6.09 Å². The topological polar surface area (TPSA) is 79.0 Å². The number of hydrogen-bond donors (Lipinski definition) is 1. The molecule has 1 aromatic carbocycles. The molecule has 0 spiro atoms. The maximum Gasteiger partial charge on any atom is 0.410 e. The number of piperazine rings is 1. The zero-order chi connectivity index (χ0) is 19.1. The number of aliphatic hydroxyl groups is 1. The van der Waals surface area contributed by atoms with Gasteiger partial charge in [0.15, 0.2) is 5.58 Å². The van der Waals surface area contributed by atoms with E-state index in [4.69, 9.17) is 20.8 Å². The molecule has 0 radical (unpaired) electrons. The summed E-state index contributed by atoms with van der Waals surface area (Å²) in [5.41, 5.74) is 1.23. The van der Waals surface area contributed by atoms with Gasteiger partial charge in [0.05, 0.1) is 6.61 Å². The molecule has 3 rings (SSSR count). The van der Waals surface area contributed by atoms with Gasteiger partial charge in [-0.3, -0.25) is 0 Å². The lowest BCUT2D eigenvalue weighted by Gasteiger charge is -2.39. The average Bonchev–Trinajstić information content (AvgIpc) is 2.95. The summed E-state index contributed by atoms with van der Waals surface area (Å²) in [5.74, 6) is 0. The van der Waals surface area contributed by atoms with Gasteiger partial charge in [-0.1, -0.05) is 11.6 Å². The first kappa shape index (κ1) is 18.8. The van der Waals surface area contributed by atoms with E-state index in [0.717, 1.165) is 0 Å². The number of carbonyl (C=O) groups is 1. The number of carbonyl (C=O) groups excluding carboxylic acids is 1. The monoisotopic (exact) mass is 381 g/mol. The maximum absolute atomic E-state index is 12.3. The second kappa shape index (κ2) is 6.96. The van der Waals surface area contributed by atoms with Gasteiger partial charge in [0.2, 0.25) is 0 Å². The van der Waals surface area contributed by atoms with E-state index in [1.165, 1.54) is 0 Å². The Balaban J connectivity index is 1.78. The Morgan fingerprint density at radius 3 is 2.77 bits per heavy atom. The Hall–Kier alpha value is -1.99. The second-order valence-corrected chi connectivity index (χ2v) is 7.97. The normalized spacial score (nSPS) is 18.5. The van der Waals surface area contributed by atoms with E-state index >= 15 is 0 Å². The van der Waals surface area contributed by atoms with Crippen molar-refractivity contribution in [3.63, 3.8) is 0 Å². The first-order valence-electron chi connectivity index (χ1n) is 8.62. The molecule has 1 aliphatic rings. The Labute approximate surface area is 157 Å². The van der Waals surface area contributed by atoms with Crippen LogP contribution < -0.4 is 4.90 Å². The first-order valence-corrected chi connectivity index (χ1v) is 9.00. The number of benzene rings is 1. The average molecular weight is 382 g/mol. The Morgan fingerprint density at radius 2 is 2.15 bits per heavy atom. The minimum atomic E-state index is -0.516. The van der Waals surface area contributed by atoms with Gasteiger partial charge in [-0.05, 0) is 39.8 Å². The van der Waals surface area contributed by atoms with Crippen molar-refractivity contribution in [3.05, 3.63) is 22.7 Å². The van der Waals surface area contributed by atoms with Crippen LogP contribution in [0.1, 0.15) is 33.3 Å². The van der Waals surface area contributed by atoms with Crippen LogP contribution in [0.3, 0.4) is 0 Å². The summed E-state index contributed by atoms with van der Waals surface area (Å²) in [6, 6.07) is 3.86. The van der Waals surface area contributed by atoms with Gasteiger partial charge in [0, 0.05) is 36.3 Å². The highest BCUT2D eigenvalue weighted by atomic mass is 35.5. The Morgan fingerprint density at radius 1 is 1.42 bits per heavy atom. The van der Waals surface area contributed by atoms with Crippen LogP contribution in [0.15, 0.2) is 16.5 Å². The molecule has 1 saturated heterocycles. The van der Waals surface area contributed by atoms with Gasteiger partial charge in [0.25, 0.3) is 6.01 Å². The molecule has 0 aliphatic carbocycles. The van der Waals surface area contributed by atoms with Gasteiger partial charge in [-0.15, -0.1) is 0 Å². The van der Waals surface area contributed by atoms with Crippen LogP contribution in [0.4, 0.5) is 10.8 Å². The van der Waals surface area contributed by atoms with Crippen molar-refractivity contribution in [1.82, 2.24) is 9.88 Å². The van der Waals surface area contributed by atoms with Crippen LogP contribution in [0.2, 0.25) is 5.02 Å². The van der Waals surface area contributed by atoms with Crippen LogP contribution in [-0.2, 0) is 11.3 Å². The number of rotatable bonds is 2. The van der Waals surface area contributed by atoms with Crippen molar-refractivity contribution in [1.29, 1.82) is 0 Å². The standard InChI is InChI=1S/C18H24ClN3O4/c1-11-9-21(17(24)26-18(2,3)4)5-6-22(11)16-20-14-8-13(19)7-12(10-23)15(14)25-16/h7-8,11,23H,5-6,9-10H2,1-4H3/t11-/m0/s1. The van der Waals surface area contributed by atoms with E-state index in [-0.39, 0.29) is 18.7 Å². The van der Waals surface area contributed by atoms with E-state index in [0.29, 0.717) is 47.3 Å². The second-order valence-electron chi connectivity index (χ2n) is 7.54. The smallest absolute Gasteiger partial charge is 0.410 e. The van der Waals surface area contributed by atoms with Crippen molar-refractivity contribution in [2.75, 3.05) is 24.5 Å². The third-order valence-electron chi connectivity index (χ3n) is 4.22. The molecule has 1 fully saturated rings. The van der Waals surface area contributed by atoms with Crippen molar-refractivity contribution in [3.8, 4) is 0 Å². The highest BCUT2D eigenvalue weighted by molar-refractivity contribution is 6.31. The van der Waals surface area contributed by atoms with Gasteiger partial charge in [0.1, 0.15) is 11.1 Å². The summed E-state index contributed by atoms with van der Waals surface area (Å²) >= 11 is 6.07. The van der Waals surface area contributed by atoms with Crippen molar-refractivity contribution in [2.24, 2.45) is 0 Å². The summed E-state index contributed by atoms with van der Waals surface area (Å²) in [7, 11) is 0. The molecule has 142 valence electrons. The number of amides is 1. The number of hydrogen-bond acceptors (Lipinski definition) is 6. The zero-order valence-electron chi connectivity index (χ0n) is 15.5. The largest absolute Gasteiger partial charge is 0.444 e. The van der Waals surface area contributed by atoms with Crippen molar-refractivity contribution >= 4 is 34.8 Å². The lowest BCUT2D eigenvalue weighted by atomic mass is 10.2. The minimum Gasteiger partial charge on any atom is -0.444 e. The summed E-state index contributed by atoms with van der Waals surface area (Å²) in [5, 5.41) is 10.0. The summed E-state index contributed by atoms with van der Waals surface area (Å²) < 4.78 is 11.3. The molecule has 0 bridgehead atoms. The number of ether oxygens (including phenoxy) is 1. The molecule has 8 heteroatoms. The molecule has 1 amide bonds. The highest BCUT2D eigenvalue weighted by Gasteiger charge is 2.32. The molecular weight excluding hydrogens is 358 g/mol. The Kier molecular flexibility index (Phi) is 5.03. The predicted molar refractivity (Wildman–Crippen MR) is 99.6 cm³/mol. The van der Waals surface area contributed by atoms with Gasteiger partial charge in [-0.2, -0.15) is 4.98 Å². The quantitative estimate of drug-likeness (QED) is 0.858. The molecule has 2 aromatic rings. The molecule has 1 aliphatic heterocycles. The van der Waals surface area contributed by atoms with E-state index < -0.39 is 5.60 Å². The SMILES string of the molecule is C[C@H]1CN(C(=O)OC(C)(C)C)CCN1c1nc2cc(Cl)cc(CO)c2o1. The van der Waals surface area contributed by atoms with Crippen LogP contribution in [0.5, 0.6) is 0 Å². The molecule has 1 N–H and O–H groups in total. The van der Waals surface area contributed by atoms with Crippen LogP contribution >= 0.6 is 11.6 Å². The fourth-order valence-corrected chi connectivity index (χ4v) is 3.26. The number of nitrogens with zero attached hydrogens (tertiary/aromatic N) is 3. The lowest BCUT2D eigenvalue weighted by molar-refractivity contribution is 0.0216. The fraction of sp³-hybridized carbons (Fsp3) is 0.556. The molecule has 1 aromatic heterocycles. The predicted octanol–water partition coefficient (Wildman–Crippen LogP) is 3.42. The maximum atomic E-state index is 12.3. The van der Waals surface area contributed by atoms with Crippen LogP contribution in [0, 0.1) is 0 Å². The third-order valence-corrected chi connectivity index (χ3v) is 4.43. The Bertz CT molecular complexity index is 815. The first-order chi connectivity index (χ1) is 12.2. The highest BCUT2D eigenvalue weighted by Crippen LogP contribution is 2.30. The molecule has 0 saturated carbocycles. The number of aliphatic hydroxyl groups excluding tert-OH is 1. The molecule has 7 nitrogen and oxygen atoms in total. The number of anilines is 1. The fourth-order valence-electron chi connectivity index (χ4n) is 3.03. The summed E-state index contributed by atoms with van der Waals surface area (Å²) in [4.78, 5) is 20.5. The number of fused-ring (bicyclic) bond motifs is 1. The van der Waals surface area contributed by atoms with Crippen molar-refractivity contribution < 1.29 is 19.1 Å². The van der Waals surface area contributed by atoms with E-state index in [2.05, 4.69) is 4.98 Å². The van der Waals surface area contributed by atoms with Gasteiger partial charge in [-0.25, -0.2) is 4.79 Å². The third kappa shape index (κ3) is 3.88. The number of oxazole rings is 1. The zero-order valence-corrected chi connectivity index (χ0v) is 16.2. The van der Waals surface area contributed by atoms with Crippen molar-refractivity contribution in [2.45, 2.75) is 45.9 Å². The molecule has 0 unspecified atom stereocenters. The van der Waals surface area contributed by atoms with E-state index in [1.807, 2.05) is 32.6 Å². The summed E-state index contributed by atoms with van der Waals surface area (Å²) in [6.45, 7) is 9.01. The molecule has 26 heavy (non-hydrogen) atoms.